The number of halogens is 2. The molecule has 0 amide bonds. The third-order valence-electron chi connectivity index (χ3n) is 4.13. The molecule has 1 heterocycles. The SMILES string of the molecule is CN1CCN(c2[c]cccc2Cc2cc(F)ccc2F)CC1. The van der Waals surface area contributed by atoms with Crippen LogP contribution in [-0.2, 0) is 6.42 Å². The Morgan fingerprint density at radius 2 is 1.82 bits per heavy atom. The summed E-state index contributed by atoms with van der Waals surface area (Å²) in [7, 11) is 2.11. The summed E-state index contributed by atoms with van der Waals surface area (Å²) in [5.41, 5.74) is 2.37. The van der Waals surface area contributed by atoms with Gasteiger partial charge in [0.25, 0.3) is 0 Å². The Bertz CT molecular complexity index is 649. The van der Waals surface area contributed by atoms with Crippen LogP contribution in [0.4, 0.5) is 14.5 Å². The monoisotopic (exact) mass is 301 g/mol. The van der Waals surface area contributed by atoms with Crippen LogP contribution in [0.15, 0.2) is 36.4 Å². The van der Waals surface area contributed by atoms with Gasteiger partial charge in [-0.3, -0.25) is 0 Å². The molecular weight excluding hydrogens is 282 g/mol. The Morgan fingerprint density at radius 3 is 2.59 bits per heavy atom. The number of piperazine rings is 1. The minimum absolute atomic E-state index is 0.366. The lowest BCUT2D eigenvalue weighted by Gasteiger charge is -2.35. The number of hydrogen-bond donors (Lipinski definition) is 0. The third-order valence-corrected chi connectivity index (χ3v) is 4.13. The molecule has 2 aromatic carbocycles. The van der Waals surface area contributed by atoms with Gasteiger partial charge in [-0.1, -0.05) is 18.2 Å². The zero-order valence-electron chi connectivity index (χ0n) is 12.6. The van der Waals surface area contributed by atoms with Crippen molar-refractivity contribution in [3.05, 3.63) is 65.2 Å². The van der Waals surface area contributed by atoms with Gasteiger partial charge < -0.3 is 9.80 Å². The predicted octanol–water partition coefficient (Wildman–Crippen LogP) is 3.11. The fourth-order valence-corrected chi connectivity index (χ4v) is 2.81. The summed E-state index contributed by atoms with van der Waals surface area (Å²) < 4.78 is 27.2. The minimum Gasteiger partial charge on any atom is -0.368 e. The van der Waals surface area contributed by atoms with Crippen LogP contribution in [0.2, 0.25) is 0 Å². The summed E-state index contributed by atoms with van der Waals surface area (Å²) in [6.45, 7) is 3.85. The lowest BCUT2D eigenvalue weighted by atomic mass is 10.0. The molecule has 4 heteroatoms. The summed E-state index contributed by atoms with van der Waals surface area (Å²) in [5.74, 6) is -0.771. The highest BCUT2D eigenvalue weighted by atomic mass is 19.1. The zero-order valence-corrected chi connectivity index (χ0v) is 12.6. The van der Waals surface area contributed by atoms with Gasteiger partial charge in [0, 0.05) is 44.4 Å². The Kier molecular flexibility index (Phi) is 4.39. The maximum Gasteiger partial charge on any atom is 0.126 e. The molecule has 0 bridgehead atoms. The molecule has 0 spiro atoms. The van der Waals surface area contributed by atoms with E-state index in [9.17, 15) is 8.78 Å². The molecule has 0 aromatic heterocycles. The standard InChI is InChI=1S/C18H19F2N2/c1-21-8-10-22(11-9-21)18-5-3-2-4-14(18)12-15-13-16(19)6-7-17(15)20/h2-4,6-7,13H,8-12H2,1H3. The van der Waals surface area contributed by atoms with E-state index in [0.717, 1.165) is 43.5 Å². The number of anilines is 1. The average Bonchev–Trinajstić information content (AvgIpc) is 2.52. The molecule has 1 aliphatic heterocycles. The first-order valence-corrected chi connectivity index (χ1v) is 7.50. The topological polar surface area (TPSA) is 6.48 Å². The first-order valence-electron chi connectivity index (χ1n) is 7.50. The molecule has 0 atom stereocenters. The molecule has 22 heavy (non-hydrogen) atoms. The van der Waals surface area contributed by atoms with Crippen LogP contribution in [0.5, 0.6) is 0 Å². The highest BCUT2D eigenvalue weighted by Crippen LogP contribution is 2.25. The fourth-order valence-electron chi connectivity index (χ4n) is 2.81. The fraction of sp³-hybridized carbons (Fsp3) is 0.333. The summed E-state index contributed by atoms with van der Waals surface area (Å²) in [6, 6.07) is 12.6. The van der Waals surface area contributed by atoms with Crippen molar-refractivity contribution in [1.82, 2.24) is 4.90 Å². The number of likely N-dealkylation sites (N-methyl/N-ethyl adjacent to an activating group) is 1. The molecule has 1 radical (unpaired) electrons. The summed E-state index contributed by atoms with van der Waals surface area (Å²) >= 11 is 0. The van der Waals surface area contributed by atoms with E-state index < -0.39 is 5.82 Å². The van der Waals surface area contributed by atoms with Gasteiger partial charge in [-0.15, -0.1) is 0 Å². The van der Waals surface area contributed by atoms with E-state index in [4.69, 9.17) is 0 Å². The van der Waals surface area contributed by atoms with E-state index in [0.29, 0.717) is 12.0 Å². The Labute approximate surface area is 130 Å². The van der Waals surface area contributed by atoms with Gasteiger partial charge in [0.1, 0.15) is 11.6 Å². The summed E-state index contributed by atoms with van der Waals surface area (Å²) in [4.78, 5) is 4.55. The average molecular weight is 301 g/mol. The van der Waals surface area contributed by atoms with E-state index in [1.54, 1.807) is 0 Å². The van der Waals surface area contributed by atoms with Gasteiger partial charge in [0.15, 0.2) is 0 Å². The maximum atomic E-state index is 13.9. The molecule has 2 aromatic rings. The van der Waals surface area contributed by atoms with Crippen molar-refractivity contribution >= 4 is 5.69 Å². The van der Waals surface area contributed by atoms with Crippen LogP contribution in [0.1, 0.15) is 11.1 Å². The quantitative estimate of drug-likeness (QED) is 0.859. The van der Waals surface area contributed by atoms with Crippen LogP contribution in [-0.4, -0.2) is 38.1 Å². The van der Waals surface area contributed by atoms with Gasteiger partial charge >= 0.3 is 0 Å². The molecule has 2 nitrogen and oxygen atoms in total. The largest absolute Gasteiger partial charge is 0.368 e. The highest BCUT2D eigenvalue weighted by Gasteiger charge is 2.17. The van der Waals surface area contributed by atoms with E-state index in [2.05, 4.69) is 22.9 Å². The number of nitrogens with zero attached hydrogens (tertiary/aromatic N) is 2. The lowest BCUT2D eigenvalue weighted by Crippen LogP contribution is -2.44. The van der Waals surface area contributed by atoms with E-state index in [1.165, 1.54) is 12.1 Å². The van der Waals surface area contributed by atoms with Crippen molar-refractivity contribution in [3.63, 3.8) is 0 Å². The molecule has 115 valence electrons. The first kappa shape index (κ1) is 15.0. The number of rotatable bonds is 3. The highest BCUT2D eigenvalue weighted by molar-refractivity contribution is 5.54. The molecule has 1 fully saturated rings. The Hall–Kier alpha value is -1.94. The smallest absolute Gasteiger partial charge is 0.126 e. The van der Waals surface area contributed by atoms with E-state index >= 15 is 0 Å². The van der Waals surface area contributed by atoms with Crippen molar-refractivity contribution in [2.45, 2.75) is 6.42 Å². The second-order valence-corrected chi connectivity index (χ2v) is 5.75. The molecule has 0 aliphatic carbocycles. The van der Waals surface area contributed by atoms with Gasteiger partial charge in [0.05, 0.1) is 0 Å². The minimum atomic E-state index is -0.405. The number of benzene rings is 2. The van der Waals surface area contributed by atoms with Crippen LogP contribution in [0.3, 0.4) is 0 Å². The lowest BCUT2D eigenvalue weighted by molar-refractivity contribution is 0.312. The molecule has 0 N–H and O–H groups in total. The van der Waals surface area contributed by atoms with Gasteiger partial charge in [-0.2, -0.15) is 0 Å². The van der Waals surface area contributed by atoms with Crippen molar-refractivity contribution in [2.24, 2.45) is 0 Å². The summed E-state index contributed by atoms with van der Waals surface area (Å²) in [5, 5.41) is 0. The van der Waals surface area contributed by atoms with Gasteiger partial charge in [-0.05, 0) is 36.4 Å². The van der Waals surface area contributed by atoms with Crippen LogP contribution < -0.4 is 4.90 Å². The van der Waals surface area contributed by atoms with Crippen molar-refractivity contribution in [1.29, 1.82) is 0 Å². The van der Waals surface area contributed by atoms with Gasteiger partial charge in [-0.25, -0.2) is 8.78 Å². The number of hydrogen-bond acceptors (Lipinski definition) is 2. The van der Waals surface area contributed by atoms with Crippen molar-refractivity contribution < 1.29 is 8.78 Å². The maximum absolute atomic E-state index is 13.9. The van der Waals surface area contributed by atoms with Crippen molar-refractivity contribution in [2.75, 3.05) is 38.1 Å². The molecule has 1 aliphatic rings. The molecule has 0 saturated carbocycles. The Morgan fingerprint density at radius 1 is 1.05 bits per heavy atom. The Balaban J connectivity index is 1.86. The second-order valence-electron chi connectivity index (χ2n) is 5.75. The molecule has 3 rings (SSSR count). The summed E-state index contributed by atoms with van der Waals surface area (Å²) in [6.07, 6.45) is 0.378. The normalized spacial score (nSPS) is 16.0. The van der Waals surface area contributed by atoms with Gasteiger partial charge in [0.2, 0.25) is 0 Å². The zero-order chi connectivity index (χ0) is 15.5. The first-order chi connectivity index (χ1) is 10.6. The molecule has 0 unspecified atom stereocenters. The third kappa shape index (κ3) is 3.28. The predicted molar refractivity (Wildman–Crippen MR) is 84.2 cm³/mol. The second kappa shape index (κ2) is 6.44. The molecular formula is C18H19F2N2. The van der Waals surface area contributed by atoms with Crippen LogP contribution in [0.25, 0.3) is 0 Å². The van der Waals surface area contributed by atoms with Crippen LogP contribution >= 0.6 is 0 Å². The van der Waals surface area contributed by atoms with E-state index in [-0.39, 0.29) is 5.82 Å². The van der Waals surface area contributed by atoms with Crippen LogP contribution in [0, 0.1) is 17.7 Å². The number of para-hydroxylation sites is 1. The molecule has 1 saturated heterocycles. The van der Waals surface area contributed by atoms with Crippen molar-refractivity contribution in [3.8, 4) is 0 Å². The van der Waals surface area contributed by atoms with E-state index in [1.807, 2.05) is 18.2 Å².